The highest BCUT2D eigenvalue weighted by molar-refractivity contribution is 5.29. The third kappa shape index (κ3) is 2.89. The van der Waals surface area contributed by atoms with Crippen LogP contribution in [-0.4, -0.2) is 29.2 Å². The maximum absolute atomic E-state index is 5.30. The zero-order chi connectivity index (χ0) is 10.7. The first-order valence-corrected chi connectivity index (χ1v) is 5.40. The van der Waals surface area contributed by atoms with Crippen molar-refractivity contribution in [2.45, 2.75) is 32.7 Å². The number of aromatic nitrogens is 2. The molecule has 0 saturated carbocycles. The van der Waals surface area contributed by atoms with Crippen LogP contribution in [0.4, 0.5) is 5.95 Å². The Morgan fingerprint density at radius 1 is 1.20 bits per heavy atom. The molecule has 1 N–H and O–H groups in total. The Morgan fingerprint density at radius 2 is 1.80 bits per heavy atom. The normalized spacial score (nSPS) is 17.7. The van der Waals surface area contributed by atoms with Gasteiger partial charge in [0.1, 0.15) is 0 Å². The van der Waals surface area contributed by atoms with Crippen molar-refractivity contribution in [3.8, 4) is 0 Å². The van der Waals surface area contributed by atoms with Gasteiger partial charge in [-0.25, -0.2) is 9.97 Å². The van der Waals surface area contributed by atoms with Crippen LogP contribution in [0.5, 0.6) is 0 Å². The van der Waals surface area contributed by atoms with Gasteiger partial charge >= 0.3 is 0 Å². The van der Waals surface area contributed by atoms with Crippen molar-refractivity contribution in [1.82, 2.24) is 9.97 Å². The third-order valence-corrected chi connectivity index (χ3v) is 2.54. The van der Waals surface area contributed by atoms with E-state index in [1.54, 1.807) is 0 Å². The van der Waals surface area contributed by atoms with Crippen LogP contribution in [0, 0.1) is 13.8 Å². The van der Waals surface area contributed by atoms with Crippen molar-refractivity contribution in [2.24, 2.45) is 0 Å². The lowest BCUT2D eigenvalue weighted by Crippen LogP contribution is -2.28. The van der Waals surface area contributed by atoms with E-state index in [1.807, 2.05) is 19.9 Å². The summed E-state index contributed by atoms with van der Waals surface area (Å²) in [4.78, 5) is 8.73. The first-order valence-electron chi connectivity index (χ1n) is 5.40. The molecule has 1 aliphatic heterocycles. The first-order chi connectivity index (χ1) is 7.24. The number of nitrogens with one attached hydrogen (secondary N) is 1. The van der Waals surface area contributed by atoms with Crippen LogP contribution < -0.4 is 5.32 Å². The molecular formula is C11H17N3O. The summed E-state index contributed by atoms with van der Waals surface area (Å²) in [5.74, 6) is 0.749. The van der Waals surface area contributed by atoms with Gasteiger partial charge in [0.25, 0.3) is 0 Å². The Balaban J connectivity index is 2.02. The second-order valence-electron chi connectivity index (χ2n) is 4.01. The Labute approximate surface area is 90.1 Å². The van der Waals surface area contributed by atoms with Crippen molar-refractivity contribution < 1.29 is 4.74 Å². The fourth-order valence-electron chi connectivity index (χ4n) is 1.81. The molecule has 1 saturated heterocycles. The number of ether oxygens (including phenoxy) is 1. The number of nitrogens with zero attached hydrogens (tertiary/aromatic N) is 2. The zero-order valence-electron chi connectivity index (χ0n) is 9.29. The van der Waals surface area contributed by atoms with E-state index < -0.39 is 0 Å². The van der Waals surface area contributed by atoms with E-state index in [1.165, 1.54) is 0 Å². The minimum atomic E-state index is 0.458. The summed E-state index contributed by atoms with van der Waals surface area (Å²) in [6, 6.07) is 2.44. The fourth-order valence-corrected chi connectivity index (χ4v) is 1.81. The Kier molecular flexibility index (Phi) is 3.16. The Morgan fingerprint density at radius 3 is 2.40 bits per heavy atom. The van der Waals surface area contributed by atoms with Gasteiger partial charge in [-0.15, -0.1) is 0 Å². The van der Waals surface area contributed by atoms with Gasteiger partial charge in [-0.3, -0.25) is 0 Å². The van der Waals surface area contributed by atoms with Crippen molar-refractivity contribution in [3.63, 3.8) is 0 Å². The van der Waals surface area contributed by atoms with Crippen molar-refractivity contribution in [3.05, 3.63) is 17.5 Å². The molecule has 2 rings (SSSR count). The van der Waals surface area contributed by atoms with Crippen LogP contribution in [0.25, 0.3) is 0 Å². The molecule has 0 spiro atoms. The number of hydrogen-bond acceptors (Lipinski definition) is 4. The molecule has 0 aliphatic carbocycles. The Bertz CT molecular complexity index is 314. The highest BCUT2D eigenvalue weighted by Gasteiger charge is 2.14. The third-order valence-electron chi connectivity index (χ3n) is 2.54. The number of rotatable bonds is 2. The van der Waals surface area contributed by atoms with Gasteiger partial charge in [0, 0.05) is 30.6 Å². The number of aryl methyl sites for hydroxylation is 2. The average molecular weight is 207 g/mol. The van der Waals surface area contributed by atoms with Gasteiger partial charge in [-0.1, -0.05) is 0 Å². The quantitative estimate of drug-likeness (QED) is 0.801. The SMILES string of the molecule is Cc1cc(C)nc(NC2CCOCC2)n1. The van der Waals surface area contributed by atoms with E-state index in [4.69, 9.17) is 4.74 Å². The summed E-state index contributed by atoms with van der Waals surface area (Å²) in [5.41, 5.74) is 2.02. The zero-order valence-corrected chi connectivity index (χ0v) is 9.29. The van der Waals surface area contributed by atoms with Crippen molar-refractivity contribution in [2.75, 3.05) is 18.5 Å². The van der Waals surface area contributed by atoms with E-state index in [9.17, 15) is 0 Å². The lowest BCUT2D eigenvalue weighted by molar-refractivity contribution is 0.0903. The average Bonchev–Trinajstić information content (AvgIpc) is 2.17. The van der Waals surface area contributed by atoms with Crippen LogP contribution in [0.15, 0.2) is 6.07 Å². The summed E-state index contributed by atoms with van der Waals surface area (Å²) in [5, 5.41) is 3.36. The minimum Gasteiger partial charge on any atom is -0.381 e. The monoisotopic (exact) mass is 207 g/mol. The van der Waals surface area contributed by atoms with Gasteiger partial charge < -0.3 is 10.1 Å². The lowest BCUT2D eigenvalue weighted by atomic mass is 10.1. The van der Waals surface area contributed by atoms with Gasteiger partial charge in [0.15, 0.2) is 0 Å². The molecule has 0 unspecified atom stereocenters. The maximum atomic E-state index is 5.30. The molecule has 15 heavy (non-hydrogen) atoms. The summed E-state index contributed by atoms with van der Waals surface area (Å²) < 4.78 is 5.30. The molecule has 4 nitrogen and oxygen atoms in total. The largest absolute Gasteiger partial charge is 0.381 e. The predicted molar refractivity (Wildman–Crippen MR) is 59.0 cm³/mol. The van der Waals surface area contributed by atoms with E-state index >= 15 is 0 Å². The van der Waals surface area contributed by atoms with Crippen LogP contribution in [-0.2, 0) is 4.74 Å². The molecule has 1 aromatic rings. The van der Waals surface area contributed by atoms with Gasteiger partial charge in [0.2, 0.25) is 5.95 Å². The van der Waals surface area contributed by atoms with E-state index in [0.717, 1.165) is 43.4 Å². The maximum Gasteiger partial charge on any atom is 0.223 e. The summed E-state index contributed by atoms with van der Waals surface area (Å²) in [6.45, 7) is 5.65. The molecule has 0 amide bonds. The minimum absolute atomic E-state index is 0.458. The molecule has 0 aromatic carbocycles. The standard InChI is InChI=1S/C11H17N3O/c1-8-7-9(2)13-11(12-8)14-10-3-5-15-6-4-10/h7,10H,3-6H2,1-2H3,(H,12,13,14). The van der Waals surface area contributed by atoms with Crippen LogP contribution in [0.2, 0.25) is 0 Å². The highest BCUT2D eigenvalue weighted by atomic mass is 16.5. The summed E-state index contributed by atoms with van der Waals surface area (Å²) >= 11 is 0. The van der Waals surface area contributed by atoms with E-state index in [2.05, 4.69) is 15.3 Å². The van der Waals surface area contributed by atoms with E-state index in [-0.39, 0.29) is 0 Å². The first kappa shape index (κ1) is 10.4. The highest BCUT2D eigenvalue weighted by Crippen LogP contribution is 2.12. The summed E-state index contributed by atoms with van der Waals surface area (Å²) in [6.07, 6.45) is 2.08. The number of hydrogen-bond donors (Lipinski definition) is 1. The molecule has 1 fully saturated rings. The van der Waals surface area contributed by atoms with Crippen molar-refractivity contribution in [1.29, 1.82) is 0 Å². The second-order valence-corrected chi connectivity index (χ2v) is 4.01. The smallest absolute Gasteiger partial charge is 0.223 e. The number of anilines is 1. The van der Waals surface area contributed by atoms with Crippen LogP contribution in [0.3, 0.4) is 0 Å². The molecule has 0 bridgehead atoms. The molecule has 0 atom stereocenters. The lowest BCUT2D eigenvalue weighted by Gasteiger charge is -2.23. The fraction of sp³-hybridized carbons (Fsp3) is 0.636. The Hall–Kier alpha value is -1.16. The van der Waals surface area contributed by atoms with Crippen LogP contribution >= 0.6 is 0 Å². The van der Waals surface area contributed by atoms with Gasteiger partial charge in [-0.05, 0) is 32.8 Å². The van der Waals surface area contributed by atoms with E-state index in [0.29, 0.717) is 6.04 Å². The molecule has 0 radical (unpaired) electrons. The molecule has 1 aliphatic rings. The molecule has 4 heteroatoms. The molecule has 1 aromatic heterocycles. The topological polar surface area (TPSA) is 47.0 Å². The predicted octanol–water partition coefficient (Wildman–Crippen LogP) is 1.68. The summed E-state index contributed by atoms with van der Waals surface area (Å²) in [7, 11) is 0. The molecule has 2 heterocycles. The second kappa shape index (κ2) is 4.57. The van der Waals surface area contributed by atoms with Crippen LogP contribution in [0.1, 0.15) is 24.2 Å². The van der Waals surface area contributed by atoms with Crippen molar-refractivity contribution >= 4 is 5.95 Å². The molecule has 82 valence electrons. The van der Waals surface area contributed by atoms with Gasteiger partial charge in [-0.2, -0.15) is 0 Å². The molecular weight excluding hydrogens is 190 g/mol. The van der Waals surface area contributed by atoms with Gasteiger partial charge in [0.05, 0.1) is 0 Å².